The third-order valence-electron chi connectivity index (χ3n) is 3.84. The van der Waals surface area contributed by atoms with Crippen molar-refractivity contribution in [1.82, 2.24) is 0 Å². The lowest BCUT2D eigenvalue weighted by Gasteiger charge is -2.34. The molecular formula is C11H22NO2P. The maximum Gasteiger partial charge on any atom is 0.167 e. The number of rotatable bonds is 1. The lowest BCUT2D eigenvalue weighted by atomic mass is 9.75. The number of hydrogen-bond acceptors (Lipinski definition) is 3. The van der Waals surface area contributed by atoms with E-state index >= 15 is 0 Å². The summed E-state index contributed by atoms with van der Waals surface area (Å²) in [7, 11) is -1.12. The van der Waals surface area contributed by atoms with Crippen molar-refractivity contribution in [3.8, 4) is 0 Å². The molecule has 2 rings (SSSR count). The molecule has 3 N–H and O–H groups in total. The van der Waals surface area contributed by atoms with Crippen LogP contribution in [0.25, 0.3) is 0 Å². The van der Waals surface area contributed by atoms with E-state index in [9.17, 15) is 4.89 Å². The van der Waals surface area contributed by atoms with Gasteiger partial charge in [-0.05, 0) is 37.5 Å². The fourth-order valence-electron chi connectivity index (χ4n) is 2.93. The third-order valence-corrected chi connectivity index (χ3v) is 4.99. The van der Waals surface area contributed by atoms with E-state index in [0.717, 1.165) is 19.2 Å². The second-order valence-corrected chi connectivity index (χ2v) is 6.30. The molecule has 1 saturated carbocycles. The predicted molar refractivity (Wildman–Crippen MR) is 62.6 cm³/mol. The molecule has 1 aliphatic carbocycles. The molecule has 3 nitrogen and oxygen atoms in total. The summed E-state index contributed by atoms with van der Waals surface area (Å²) in [5, 5.41) is 0. The van der Waals surface area contributed by atoms with E-state index in [2.05, 4.69) is 0 Å². The summed E-state index contributed by atoms with van der Waals surface area (Å²) in [6.07, 6.45) is 8.20. The highest BCUT2D eigenvalue weighted by Crippen LogP contribution is 2.41. The molecule has 1 unspecified atom stereocenters. The van der Waals surface area contributed by atoms with Gasteiger partial charge in [0.25, 0.3) is 0 Å². The molecule has 0 amide bonds. The zero-order chi connectivity index (χ0) is 10.7. The van der Waals surface area contributed by atoms with Crippen LogP contribution < -0.4 is 5.73 Å². The van der Waals surface area contributed by atoms with E-state index in [1.54, 1.807) is 0 Å². The second-order valence-electron chi connectivity index (χ2n) is 4.89. The van der Waals surface area contributed by atoms with Gasteiger partial charge in [0, 0.05) is 12.2 Å². The number of nitrogens with two attached hydrogens (primary N) is 1. The highest BCUT2D eigenvalue weighted by atomic mass is 31.2. The first-order valence-corrected chi connectivity index (χ1v) is 7.52. The Morgan fingerprint density at radius 2 is 1.93 bits per heavy atom. The Morgan fingerprint density at radius 3 is 2.73 bits per heavy atom. The molecular weight excluding hydrogens is 209 g/mol. The van der Waals surface area contributed by atoms with Gasteiger partial charge >= 0.3 is 0 Å². The Morgan fingerprint density at radius 1 is 1.13 bits per heavy atom. The van der Waals surface area contributed by atoms with Crippen molar-refractivity contribution in [2.75, 3.05) is 12.8 Å². The molecule has 0 aromatic rings. The van der Waals surface area contributed by atoms with Crippen molar-refractivity contribution in [3.05, 3.63) is 0 Å². The minimum Gasteiger partial charge on any atom is -0.350 e. The summed E-state index contributed by atoms with van der Waals surface area (Å²) in [6.45, 7) is 0.737. The molecule has 88 valence electrons. The van der Waals surface area contributed by atoms with Gasteiger partial charge < -0.3 is 15.2 Å². The van der Waals surface area contributed by atoms with Crippen LogP contribution in [0.4, 0.5) is 0 Å². The summed E-state index contributed by atoms with van der Waals surface area (Å²) >= 11 is 0. The van der Waals surface area contributed by atoms with Crippen LogP contribution >= 0.6 is 8.38 Å². The molecule has 4 heteroatoms. The van der Waals surface area contributed by atoms with Gasteiger partial charge in [-0.1, -0.05) is 12.8 Å². The topological polar surface area (TPSA) is 55.5 Å². The maximum absolute atomic E-state index is 9.48. The molecule has 0 radical (unpaired) electrons. The summed E-state index contributed by atoms with van der Waals surface area (Å²) in [5.74, 6) is 1.24. The van der Waals surface area contributed by atoms with Crippen LogP contribution in [0.3, 0.4) is 0 Å². The minimum absolute atomic E-state index is 0.371. The van der Waals surface area contributed by atoms with Crippen LogP contribution in [-0.2, 0) is 4.52 Å². The van der Waals surface area contributed by atoms with Crippen molar-refractivity contribution in [3.63, 3.8) is 0 Å². The monoisotopic (exact) mass is 231 g/mol. The van der Waals surface area contributed by atoms with Crippen molar-refractivity contribution in [2.45, 2.75) is 44.6 Å². The lowest BCUT2D eigenvalue weighted by Crippen LogP contribution is -2.38. The Bertz CT molecular complexity index is 203. The molecule has 0 aromatic carbocycles. The molecule has 1 saturated heterocycles. The first-order chi connectivity index (χ1) is 7.27. The molecule has 15 heavy (non-hydrogen) atoms. The number of hydrogen-bond donors (Lipinski definition) is 2. The van der Waals surface area contributed by atoms with Gasteiger partial charge in [-0.15, -0.1) is 0 Å². The fourth-order valence-corrected chi connectivity index (χ4v) is 3.88. The van der Waals surface area contributed by atoms with Crippen LogP contribution in [0.2, 0.25) is 0 Å². The van der Waals surface area contributed by atoms with Gasteiger partial charge in [0.15, 0.2) is 8.38 Å². The van der Waals surface area contributed by atoms with Gasteiger partial charge in [0.1, 0.15) is 0 Å². The van der Waals surface area contributed by atoms with Crippen LogP contribution in [-0.4, -0.2) is 23.7 Å². The van der Waals surface area contributed by atoms with Gasteiger partial charge in [-0.2, -0.15) is 0 Å². The van der Waals surface area contributed by atoms with Crippen LogP contribution in [0, 0.1) is 11.8 Å². The molecule has 0 aromatic heterocycles. The second kappa shape index (κ2) is 5.58. The van der Waals surface area contributed by atoms with Gasteiger partial charge in [0.05, 0.1) is 6.61 Å². The highest BCUT2D eigenvalue weighted by Gasteiger charge is 2.31. The van der Waals surface area contributed by atoms with Gasteiger partial charge in [0.2, 0.25) is 0 Å². The van der Waals surface area contributed by atoms with Crippen LogP contribution in [0.15, 0.2) is 0 Å². The fraction of sp³-hybridized carbons (Fsp3) is 1.00. The average Bonchev–Trinajstić information content (AvgIpc) is 2.44. The van der Waals surface area contributed by atoms with Crippen LogP contribution in [0.5, 0.6) is 0 Å². The summed E-state index contributed by atoms with van der Waals surface area (Å²) < 4.78 is 5.48. The van der Waals surface area contributed by atoms with E-state index in [4.69, 9.17) is 10.3 Å². The average molecular weight is 231 g/mol. The SMILES string of the molecule is N[C@H]1CCCC[C@H]1[C@@H]1CCCP(O)OC1. The van der Waals surface area contributed by atoms with E-state index in [1.165, 1.54) is 32.1 Å². The Labute approximate surface area is 93.3 Å². The van der Waals surface area contributed by atoms with Gasteiger partial charge in [-0.3, -0.25) is 0 Å². The Hall–Kier alpha value is 0.310. The Balaban J connectivity index is 1.90. The molecule has 1 aliphatic heterocycles. The predicted octanol–water partition coefficient (Wildman–Crippen LogP) is 2.23. The summed E-state index contributed by atoms with van der Waals surface area (Å²) in [6, 6.07) is 0.371. The highest BCUT2D eigenvalue weighted by molar-refractivity contribution is 7.46. The molecule has 0 spiro atoms. The smallest absolute Gasteiger partial charge is 0.167 e. The van der Waals surface area contributed by atoms with Gasteiger partial charge in [-0.25, -0.2) is 0 Å². The van der Waals surface area contributed by atoms with E-state index in [1.807, 2.05) is 0 Å². The van der Waals surface area contributed by atoms with E-state index in [-0.39, 0.29) is 0 Å². The van der Waals surface area contributed by atoms with Crippen LogP contribution in [0.1, 0.15) is 38.5 Å². The van der Waals surface area contributed by atoms with E-state index < -0.39 is 8.38 Å². The normalized spacial score (nSPS) is 43.6. The van der Waals surface area contributed by atoms with Crippen molar-refractivity contribution in [1.29, 1.82) is 0 Å². The maximum atomic E-state index is 9.48. The van der Waals surface area contributed by atoms with Crippen molar-refractivity contribution >= 4 is 8.38 Å². The molecule has 4 atom stereocenters. The molecule has 2 fully saturated rings. The first-order valence-electron chi connectivity index (χ1n) is 6.12. The summed E-state index contributed by atoms with van der Waals surface area (Å²) in [5.41, 5.74) is 6.18. The molecule has 0 bridgehead atoms. The zero-order valence-corrected chi connectivity index (χ0v) is 10.2. The third kappa shape index (κ3) is 3.13. The first kappa shape index (κ1) is 11.8. The zero-order valence-electron chi connectivity index (χ0n) is 9.27. The standard InChI is InChI=1S/C11H22NO2P/c12-11-6-2-1-5-10(11)9-4-3-7-15(13)14-8-9/h9-11,13H,1-8,12H2/t9-,10+,11+,15?/m1/s1. The quantitative estimate of drug-likeness (QED) is 0.680. The molecule has 1 heterocycles. The summed E-state index contributed by atoms with van der Waals surface area (Å²) in [4.78, 5) is 9.48. The largest absolute Gasteiger partial charge is 0.350 e. The molecule has 2 aliphatic rings. The van der Waals surface area contributed by atoms with E-state index in [0.29, 0.717) is 17.9 Å². The Kier molecular flexibility index (Phi) is 4.39. The van der Waals surface area contributed by atoms with Crippen molar-refractivity contribution in [2.24, 2.45) is 17.6 Å². The minimum atomic E-state index is -1.12. The lowest BCUT2D eigenvalue weighted by molar-refractivity contribution is 0.146. The van der Waals surface area contributed by atoms with Crippen molar-refractivity contribution < 1.29 is 9.42 Å².